The maximum Gasteiger partial charge on any atom is 0.325 e. The van der Waals surface area contributed by atoms with Gasteiger partial charge in [0.2, 0.25) is 0 Å². The zero-order valence-electron chi connectivity index (χ0n) is 16.2. The number of benzene rings is 1. The molecule has 0 radical (unpaired) electrons. The molecule has 29 heavy (non-hydrogen) atoms. The van der Waals surface area contributed by atoms with Gasteiger partial charge in [0.05, 0.1) is 12.1 Å². The molecule has 1 unspecified atom stereocenters. The Morgan fingerprint density at radius 1 is 1.28 bits per heavy atom. The van der Waals surface area contributed by atoms with Gasteiger partial charge in [0.1, 0.15) is 12.3 Å². The maximum absolute atomic E-state index is 12.4. The van der Waals surface area contributed by atoms with Crippen molar-refractivity contribution in [2.75, 3.05) is 11.9 Å². The van der Waals surface area contributed by atoms with Gasteiger partial charge in [-0.3, -0.25) is 4.90 Å². The Balaban J connectivity index is 1.65. The van der Waals surface area contributed by atoms with Crippen molar-refractivity contribution in [3.05, 3.63) is 46.2 Å². The van der Waals surface area contributed by atoms with E-state index in [0.29, 0.717) is 22.9 Å². The van der Waals surface area contributed by atoms with Crippen molar-refractivity contribution in [3.63, 3.8) is 0 Å². The fourth-order valence-corrected chi connectivity index (χ4v) is 3.74. The van der Waals surface area contributed by atoms with Gasteiger partial charge in [-0.25, -0.2) is 19.7 Å². The minimum absolute atomic E-state index is 0.141. The lowest BCUT2D eigenvalue weighted by Gasteiger charge is -2.30. The summed E-state index contributed by atoms with van der Waals surface area (Å²) >= 11 is 3.45. The van der Waals surface area contributed by atoms with Gasteiger partial charge in [-0.1, -0.05) is 24.1 Å². The second-order valence-corrected chi connectivity index (χ2v) is 7.25. The highest BCUT2D eigenvalue weighted by Gasteiger charge is 2.35. The zero-order valence-corrected chi connectivity index (χ0v) is 17.8. The van der Waals surface area contributed by atoms with Gasteiger partial charge in [-0.2, -0.15) is 0 Å². The lowest BCUT2D eigenvalue weighted by molar-refractivity contribution is 0.0144. The third-order valence-electron chi connectivity index (χ3n) is 4.70. The van der Waals surface area contributed by atoms with Gasteiger partial charge in [0.15, 0.2) is 22.6 Å². The zero-order chi connectivity index (χ0) is 20.5. The van der Waals surface area contributed by atoms with Crippen LogP contribution in [0.5, 0.6) is 0 Å². The van der Waals surface area contributed by atoms with Crippen LogP contribution in [0.15, 0.2) is 29.0 Å². The number of hydrogen-bond acceptors (Lipinski definition) is 5. The molecule has 4 rings (SSSR count). The predicted octanol–water partition coefficient (Wildman–Crippen LogP) is 3.30. The van der Waals surface area contributed by atoms with E-state index in [4.69, 9.17) is 4.74 Å². The summed E-state index contributed by atoms with van der Waals surface area (Å²) in [5.74, 6) is 6.97. The fraction of sp³-hybridized carbons (Fsp3) is 0.300. The predicted molar refractivity (Wildman–Crippen MR) is 112 cm³/mol. The molecule has 8 nitrogen and oxygen atoms in total. The number of fused-ring (bicyclic) bond motifs is 2. The van der Waals surface area contributed by atoms with Crippen molar-refractivity contribution < 1.29 is 9.53 Å². The van der Waals surface area contributed by atoms with Crippen molar-refractivity contribution in [2.45, 2.75) is 33.2 Å². The lowest BCUT2D eigenvalue weighted by atomic mass is 10.2. The number of amides is 2. The number of hydrogen-bond donors (Lipinski definition) is 1. The number of aryl methyl sites for hydroxylation is 1. The van der Waals surface area contributed by atoms with Crippen molar-refractivity contribution in [2.24, 2.45) is 0 Å². The van der Waals surface area contributed by atoms with Gasteiger partial charge in [-0.05, 0) is 35.8 Å². The molecule has 9 heteroatoms. The van der Waals surface area contributed by atoms with E-state index < -0.39 is 6.23 Å². The summed E-state index contributed by atoms with van der Waals surface area (Å²) in [6.07, 6.45) is -0.693. The number of aromatic nitrogens is 4. The molecule has 3 heterocycles. The normalized spacial score (nSPS) is 15.7. The molecule has 0 spiro atoms. The molecule has 1 aromatic carbocycles. The standard InChI is InChI=1S/C20H19BrN6O2/c1-4-5-10-27-16-17(24-19(27)21)26(3)20(28)25-18(16)29-11-15-22-12(2)13-8-6-7-9-14(13)23-15/h6-9,18H,10-11H2,1-3H3,(H,25,28). The molecule has 2 aromatic heterocycles. The molecule has 0 aliphatic carbocycles. The van der Waals surface area contributed by atoms with Gasteiger partial charge >= 0.3 is 6.03 Å². The Morgan fingerprint density at radius 3 is 2.86 bits per heavy atom. The van der Waals surface area contributed by atoms with Crippen LogP contribution in [0, 0.1) is 18.8 Å². The Hall–Kier alpha value is -2.96. The highest BCUT2D eigenvalue weighted by atomic mass is 79.9. The number of rotatable bonds is 4. The maximum atomic E-state index is 12.4. The van der Waals surface area contributed by atoms with E-state index in [0.717, 1.165) is 22.3 Å². The number of para-hydroxylation sites is 1. The fourth-order valence-electron chi connectivity index (χ4n) is 3.25. The third kappa shape index (κ3) is 3.57. The summed E-state index contributed by atoms with van der Waals surface area (Å²) < 4.78 is 8.50. The lowest BCUT2D eigenvalue weighted by Crippen LogP contribution is -2.46. The molecule has 148 valence electrons. The molecule has 0 saturated heterocycles. The third-order valence-corrected chi connectivity index (χ3v) is 5.30. The number of nitrogens with one attached hydrogen (secondary N) is 1. The number of ether oxygens (including phenoxy) is 1. The van der Waals surface area contributed by atoms with Crippen LogP contribution in [0.4, 0.5) is 10.6 Å². The van der Waals surface area contributed by atoms with Crippen molar-refractivity contribution in [1.82, 2.24) is 24.8 Å². The number of anilines is 1. The number of carbonyl (C=O) groups excluding carboxylic acids is 1. The molecule has 0 saturated carbocycles. The topological polar surface area (TPSA) is 85.2 Å². The number of imidazole rings is 1. The van der Waals surface area contributed by atoms with E-state index in [1.165, 1.54) is 4.90 Å². The Bertz CT molecular complexity index is 1160. The van der Waals surface area contributed by atoms with E-state index in [1.54, 1.807) is 14.0 Å². The summed E-state index contributed by atoms with van der Waals surface area (Å²) in [6, 6.07) is 7.54. The molecule has 1 atom stereocenters. The minimum atomic E-state index is -0.693. The summed E-state index contributed by atoms with van der Waals surface area (Å²) in [7, 11) is 1.66. The van der Waals surface area contributed by atoms with E-state index >= 15 is 0 Å². The highest BCUT2D eigenvalue weighted by Crippen LogP contribution is 2.33. The smallest absolute Gasteiger partial charge is 0.325 e. The Labute approximate surface area is 176 Å². The van der Waals surface area contributed by atoms with Crippen LogP contribution in [0.2, 0.25) is 0 Å². The molecular weight excluding hydrogens is 436 g/mol. The summed E-state index contributed by atoms with van der Waals surface area (Å²) in [5, 5.41) is 3.86. The molecule has 1 N–H and O–H groups in total. The summed E-state index contributed by atoms with van der Waals surface area (Å²) in [5.41, 5.74) is 2.46. The number of halogens is 1. The van der Waals surface area contributed by atoms with E-state index in [-0.39, 0.29) is 12.6 Å². The average molecular weight is 455 g/mol. The van der Waals surface area contributed by atoms with Crippen LogP contribution >= 0.6 is 15.9 Å². The highest BCUT2D eigenvalue weighted by molar-refractivity contribution is 9.10. The van der Waals surface area contributed by atoms with Crippen LogP contribution in [0.25, 0.3) is 10.9 Å². The first-order chi connectivity index (χ1) is 14.0. The van der Waals surface area contributed by atoms with Crippen LogP contribution in [0.1, 0.15) is 30.4 Å². The second-order valence-electron chi connectivity index (χ2n) is 6.54. The van der Waals surface area contributed by atoms with Crippen molar-refractivity contribution in [1.29, 1.82) is 0 Å². The molecule has 3 aromatic rings. The largest absolute Gasteiger partial charge is 0.344 e. The van der Waals surface area contributed by atoms with Gasteiger partial charge < -0.3 is 14.6 Å². The van der Waals surface area contributed by atoms with Gasteiger partial charge in [0, 0.05) is 18.1 Å². The molecular formula is C20H19BrN6O2. The van der Waals surface area contributed by atoms with E-state index in [1.807, 2.05) is 35.8 Å². The first kappa shape index (κ1) is 19.4. The molecule has 1 aliphatic heterocycles. The van der Waals surface area contributed by atoms with Crippen LogP contribution < -0.4 is 10.2 Å². The monoisotopic (exact) mass is 454 g/mol. The quantitative estimate of drug-likeness (QED) is 0.611. The van der Waals surface area contributed by atoms with E-state index in [2.05, 4.69) is 48.0 Å². The number of urea groups is 1. The summed E-state index contributed by atoms with van der Waals surface area (Å²) in [6.45, 7) is 4.29. The molecule has 2 amide bonds. The van der Waals surface area contributed by atoms with Crippen LogP contribution in [0.3, 0.4) is 0 Å². The molecule has 0 bridgehead atoms. The number of carbonyl (C=O) groups is 1. The molecule has 1 aliphatic rings. The Morgan fingerprint density at radius 2 is 2.07 bits per heavy atom. The Kier molecular flexibility index (Phi) is 5.22. The van der Waals surface area contributed by atoms with Crippen molar-refractivity contribution >= 4 is 38.7 Å². The SMILES string of the molecule is CC#CCn1c(Br)nc2c1C(OCc1nc(C)c3ccccc3n1)NC(=O)N2C. The first-order valence-corrected chi connectivity index (χ1v) is 9.82. The molecule has 0 fully saturated rings. The van der Waals surface area contributed by atoms with E-state index in [9.17, 15) is 4.79 Å². The van der Waals surface area contributed by atoms with Gasteiger partial charge in [0.25, 0.3) is 0 Å². The van der Waals surface area contributed by atoms with Gasteiger partial charge in [-0.15, -0.1) is 5.92 Å². The average Bonchev–Trinajstić information content (AvgIpc) is 3.04. The first-order valence-electron chi connectivity index (χ1n) is 9.03. The number of nitrogens with zero attached hydrogens (tertiary/aromatic N) is 5. The van der Waals surface area contributed by atoms with Crippen LogP contribution in [-0.4, -0.2) is 32.6 Å². The summed E-state index contributed by atoms with van der Waals surface area (Å²) in [4.78, 5) is 27.4. The second kappa shape index (κ2) is 7.81. The van der Waals surface area contributed by atoms with Crippen LogP contribution in [-0.2, 0) is 17.9 Å². The van der Waals surface area contributed by atoms with Crippen molar-refractivity contribution in [3.8, 4) is 11.8 Å². The minimum Gasteiger partial charge on any atom is -0.344 e.